The normalized spacial score (nSPS) is 24.2. The number of benzene rings is 7. The van der Waals surface area contributed by atoms with Crippen LogP contribution in [0.5, 0.6) is 0 Å². The lowest BCUT2D eigenvalue weighted by Crippen LogP contribution is -2.55. The van der Waals surface area contributed by atoms with Crippen LogP contribution in [0.15, 0.2) is 150 Å². The van der Waals surface area contributed by atoms with Gasteiger partial charge in [-0.3, -0.25) is 0 Å². The van der Waals surface area contributed by atoms with Crippen molar-refractivity contribution in [2.45, 2.75) is 37.5 Å². The molecule has 244 valence electrons. The Hall–Kier alpha value is -5.40. The highest BCUT2D eigenvalue weighted by Crippen LogP contribution is 2.69. The maximum atomic E-state index is 6.83. The van der Waals surface area contributed by atoms with E-state index < -0.39 is 0 Å². The van der Waals surface area contributed by atoms with Crippen molar-refractivity contribution in [2.24, 2.45) is 23.7 Å². The SMILES string of the molecule is c1ccc(-c2ccc3cc(-c4cccc5oc6c(-c7ccc8c(c7)-c7ccccc7C87C8CC9CC(C8)CC7C9)cccc6c45)ccc3c2)cc1. The van der Waals surface area contributed by atoms with E-state index in [1.165, 1.54) is 98.2 Å². The van der Waals surface area contributed by atoms with Crippen LogP contribution in [0.4, 0.5) is 0 Å². The van der Waals surface area contributed by atoms with Gasteiger partial charge in [0, 0.05) is 21.8 Å². The van der Waals surface area contributed by atoms with Gasteiger partial charge in [0.15, 0.2) is 0 Å². The highest BCUT2D eigenvalue weighted by Gasteiger charge is 2.61. The van der Waals surface area contributed by atoms with Crippen LogP contribution in [0.1, 0.15) is 43.2 Å². The summed E-state index contributed by atoms with van der Waals surface area (Å²) < 4.78 is 6.83. The highest BCUT2D eigenvalue weighted by molar-refractivity contribution is 6.16. The third-order valence-corrected chi connectivity index (χ3v) is 13.6. The number of fused-ring (bicyclic) bond motifs is 7. The summed E-state index contributed by atoms with van der Waals surface area (Å²) in [6.45, 7) is 0. The molecule has 8 aromatic rings. The first-order chi connectivity index (χ1) is 25.2. The molecule has 5 aliphatic rings. The van der Waals surface area contributed by atoms with E-state index in [2.05, 4.69) is 146 Å². The fourth-order valence-corrected chi connectivity index (χ4v) is 11.9. The molecule has 0 N–H and O–H groups in total. The Bertz CT molecular complexity index is 2680. The van der Waals surface area contributed by atoms with Gasteiger partial charge in [0.2, 0.25) is 0 Å². The van der Waals surface area contributed by atoms with Crippen molar-refractivity contribution < 1.29 is 4.42 Å². The van der Waals surface area contributed by atoms with E-state index in [0.29, 0.717) is 0 Å². The summed E-state index contributed by atoms with van der Waals surface area (Å²) in [4.78, 5) is 0. The van der Waals surface area contributed by atoms with Crippen LogP contribution < -0.4 is 0 Å². The first-order valence-corrected chi connectivity index (χ1v) is 19.0. The van der Waals surface area contributed by atoms with Crippen LogP contribution in [0.2, 0.25) is 0 Å². The second-order valence-electron chi connectivity index (χ2n) is 16.1. The standard InChI is InChI=1S/C50H38O/c1-2-8-32(9-3-1)33-16-17-35-28-36(19-18-34(35)27-33)40-11-7-15-47-48(40)43-13-6-12-41(49(43)51-47)37-20-21-46-44(29-37)42-10-4-5-14-45(42)50(46)38-23-30-22-31(25-38)26-39(50)24-30/h1-21,27-31,38-39H,22-26H2. The van der Waals surface area contributed by atoms with Crippen LogP contribution in [0.25, 0.3) is 77.2 Å². The molecule has 5 aliphatic carbocycles. The van der Waals surface area contributed by atoms with Crippen LogP contribution in [0, 0.1) is 23.7 Å². The van der Waals surface area contributed by atoms with E-state index in [-0.39, 0.29) is 5.41 Å². The van der Waals surface area contributed by atoms with Gasteiger partial charge < -0.3 is 4.42 Å². The monoisotopic (exact) mass is 654 g/mol. The average molecular weight is 655 g/mol. The Labute approximate surface area is 298 Å². The lowest BCUT2D eigenvalue weighted by molar-refractivity contribution is -0.0399. The van der Waals surface area contributed by atoms with E-state index in [0.717, 1.165) is 34.8 Å². The molecule has 0 saturated heterocycles. The third kappa shape index (κ3) is 3.87. The number of hydrogen-bond acceptors (Lipinski definition) is 1. The van der Waals surface area contributed by atoms with E-state index in [4.69, 9.17) is 4.42 Å². The van der Waals surface area contributed by atoms with E-state index >= 15 is 0 Å². The van der Waals surface area contributed by atoms with Gasteiger partial charge in [-0.05, 0) is 141 Å². The minimum atomic E-state index is 0.196. The Kier molecular flexibility index (Phi) is 5.73. The van der Waals surface area contributed by atoms with Gasteiger partial charge in [-0.1, -0.05) is 121 Å². The largest absolute Gasteiger partial charge is 0.455 e. The van der Waals surface area contributed by atoms with Crippen LogP contribution in [-0.4, -0.2) is 0 Å². The minimum absolute atomic E-state index is 0.196. The average Bonchev–Trinajstić information content (AvgIpc) is 3.71. The first kappa shape index (κ1) is 28.3. The number of rotatable bonds is 3. The number of furan rings is 1. The van der Waals surface area contributed by atoms with E-state index in [9.17, 15) is 0 Å². The van der Waals surface area contributed by atoms with E-state index in [1.54, 1.807) is 11.1 Å². The molecule has 0 unspecified atom stereocenters. The van der Waals surface area contributed by atoms with Crippen molar-refractivity contribution in [3.8, 4) is 44.5 Å². The Morgan fingerprint density at radius 3 is 1.88 bits per heavy atom. The summed E-state index contributed by atoms with van der Waals surface area (Å²) in [6, 6.07) is 54.4. The van der Waals surface area contributed by atoms with Gasteiger partial charge in [-0.25, -0.2) is 0 Å². The van der Waals surface area contributed by atoms with Gasteiger partial charge in [-0.15, -0.1) is 0 Å². The fraction of sp³-hybridized carbons (Fsp3) is 0.200. The zero-order chi connectivity index (χ0) is 33.3. The fourth-order valence-electron chi connectivity index (χ4n) is 11.9. The molecule has 1 nitrogen and oxygen atoms in total. The second-order valence-corrected chi connectivity index (χ2v) is 16.1. The lowest BCUT2D eigenvalue weighted by Gasteiger charge is -2.61. The van der Waals surface area contributed by atoms with Gasteiger partial charge in [0.1, 0.15) is 11.2 Å². The van der Waals surface area contributed by atoms with Crippen LogP contribution in [-0.2, 0) is 5.41 Å². The first-order valence-electron chi connectivity index (χ1n) is 19.0. The number of para-hydroxylation sites is 1. The molecule has 0 atom stereocenters. The molecule has 0 amide bonds. The van der Waals surface area contributed by atoms with Crippen LogP contribution >= 0.6 is 0 Å². The highest BCUT2D eigenvalue weighted by atomic mass is 16.3. The molecule has 13 rings (SSSR count). The zero-order valence-corrected chi connectivity index (χ0v) is 28.6. The predicted molar refractivity (Wildman–Crippen MR) is 211 cm³/mol. The van der Waals surface area contributed by atoms with Gasteiger partial charge >= 0.3 is 0 Å². The zero-order valence-electron chi connectivity index (χ0n) is 28.6. The molecule has 51 heavy (non-hydrogen) atoms. The summed E-state index contributed by atoms with van der Waals surface area (Å²) in [7, 11) is 0. The van der Waals surface area contributed by atoms with E-state index in [1.807, 2.05) is 0 Å². The molecule has 1 spiro atoms. The molecule has 1 aromatic heterocycles. The van der Waals surface area contributed by atoms with Crippen molar-refractivity contribution in [2.75, 3.05) is 0 Å². The maximum Gasteiger partial charge on any atom is 0.143 e. The smallest absolute Gasteiger partial charge is 0.143 e. The molecule has 1 heteroatoms. The molecule has 4 bridgehead atoms. The van der Waals surface area contributed by atoms with Crippen molar-refractivity contribution in [1.29, 1.82) is 0 Å². The summed E-state index contributed by atoms with van der Waals surface area (Å²) in [5.41, 5.74) is 15.6. The Morgan fingerprint density at radius 1 is 0.431 bits per heavy atom. The molecular weight excluding hydrogens is 617 g/mol. The molecule has 7 aromatic carbocycles. The predicted octanol–water partition coefficient (Wildman–Crippen LogP) is 13.5. The minimum Gasteiger partial charge on any atom is -0.455 e. The molecule has 4 fully saturated rings. The molecular formula is C50H38O. The Morgan fingerprint density at radius 2 is 1.06 bits per heavy atom. The maximum absolute atomic E-state index is 6.83. The van der Waals surface area contributed by atoms with Gasteiger partial charge in [0.25, 0.3) is 0 Å². The van der Waals surface area contributed by atoms with Gasteiger partial charge in [-0.2, -0.15) is 0 Å². The summed E-state index contributed by atoms with van der Waals surface area (Å²) in [5, 5.41) is 4.86. The number of hydrogen-bond donors (Lipinski definition) is 0. The molecule has 1 heterocycles. The lowest BCUT2D eigenvalue weighted by atomic mass is 9.43. The molecule has 0 radical (unpaired) electrons. The van der Waals surface area contributed by atoms with Crippen molar-refractivity contribution in [3.63, 3.8) is 0 Å². The second kappa shape index (κ2) is 10.3. The van der Waals surface area contributed by atoms with Crippen molar-refractivity contribution in [1.82, 2.24) is 0 Å². The summed E-state index contributed by atoms with van der Waals surface area (Å²) in [6.07, 6.45) is 7.13. The molecule has 4 saturated carbocycles. The summed E-state index contributed by atoms with van der Waals surface area (Å²) in [5.74, 6) is 3.46. The van der Waals surface area contributed by atoms with Crippen LogP contribution in [0.3, 0.4) is 0 Å². The molecule has 0 aliphatic heterocycles. The third-order valence-electron chi connectivity index (χ3n) is 13.6. The topological polar surface area (TPSA) is 13.1 Å². The van der Waals surface area contributed by atoms with Crippen molar-refractivity contribution in [3.05, 3.63) is 157 Å². The van der Waals surface area contributed by atoms with Crippen molar-refractivity contribution >= 4 is 32.7 Å². The van der Waals surface area contributed by atoms with Gasteiger partial charge in [0.05, 0.1) is 0 Å². The summed E-state index contributed by atoms with van der Waals surface area (Å²) >= 11 is 0. The Balaban J connectivity index is 0.987. The quantitative estimate of drug-likeness (QED) is 0.185.